The second-order valence-corrected chi connectivity index (χ2v) is 5.34. The summed E-state index contributed by atoms with van der Waals surface area (Å²) in [5.74, 6) is -0.213. The molecule has 1 aromatic heterocycles. The Morgan fingerprint density at radius 1 is 1.42 bits per heavy atom. The van der Waals surface area contributed by atoms with Gasteiger partial charge in [0.25, 0.3) is 5.91 Å². The topological polar surface area (TPSA) is 87.2 Å². The van der Waals surface area contributed by atoms with E-state index in [2.05, 4.69) is 20.2 Å². The van der Waals surface area contributed by atoms with E-state index in [1.807, 2.05) is 13.8 Å². The van der Waals surface area contributed by atoms with E-state index < -0.39 is 5.54 Å². The van der Waals surface area contributed by atoms with E-state index in [-0.39, 0.29) is 18.5 Å². The van der Waals surface area contributed by atoms with Gasteiger partial charge in [0, 0.05) is 18.1 Å². The molecule has 1 aliphatic rings. The molecule has 0 saturated carbocycles. The fourth-order valence-corrected chi connectivity index (χ4v) is 2.53. The van der Waals surface area contributed by atoms with E-state index in [0.29, 0.717) is 12.1 Å². The minimum Gasteiger partial charge on any atom is -0.374 e. The molecule has 104 valence electrons. The van der Waals surface area contributed by atoms with Crippen LogP contribution in [0.15, 0.2) is 0 Å². The lowest BCUT2D eigenvalue weighted by atomic mass is 9.99. The molecule has 7 nitrogen and oxygen atoms in total. The number of anilines is 1. The molecule has 1 fully saturated rings. The van der Waals surface area contributed by atoms with E-state index in [9.17, 15) is 9.59 Å². The summed E-state index contributed by atoms with van der Waals surface area (Å²) in [5.41, 5.74) is -0.186. The maximum absolute atomic E-state index is 12.2. The molecule has 0 aliphatic carbocycles. The second-order valence-electron chi connectivity index (χ2n) is 4.59. The largest absolute Gasteiger partial charge is 0.374 e. The third kappa shape index (κ3) is 2.40. The van der Waals surface area contributed by atoms with Crippen LogP contribution < -0.4 is 10.6 Å². The summed E-state index contributed by atoms with van der Waals surface area (Å²) in [7, 11) is 0. The van der Waals surface area contributed by atoms with Gasteiger partial charge < -0.3 is 10.6 Å². The number of imide groups is 1. The monoisotopic (exact) mass is 283 g/mol. The lowest BCUT2D eigenvalue weighted by molar-refractivity contribution is -0.131. The number of amides is 3. The van der Waals surface area contributed by atoms with E-state index >= 15 is 0 Å². The zero-order valence-electron chi connectivity index (χ0n) is 11.2. The Kier molecular flexibility index (Phi) is 3.70. The van der Waals surface area contributed by atoms with Crippen molar-refractivity contribution in [1.82, 2.24) is 19.8 Å². The van der Waals surface area contributed by atoms with E-state index in [1.165, 1.54) is 16.4 Å². The molecule has 0 radical (unpaired) electrons. The van der Waals surface area contributed by atoms with Gasteiger partial charge in [-0.15, -0.1) is 5.10 Å². The summed E-state index contributed by atoms with van der Waals surface area (Å²) in [6, 6.07) is -0.371. The van der Waals surface area contributed by atoms with E-state index in [4.69, 9.17) is 0 Å². The van der Waals surface area contributed by atoms with Crippen LogP contribution in [0.2, 0.25) is 0 Å². The number of hydrogen-bond acceptors (Lipinski definition) is 6. The first-order valence-electron chi connectivity index (χ1n) is 6.21. The molecule has 19 heavy (non-hydrogen) atoms. The van der Waals surface area contributed by atoms with Crippen LogP contribution in [0.5, 0.6) is 0 Å². The number of carbonyl (C=O) groups is 2. The predicted octanol–water partition coefficient (Wildman–Crippen LogP) is 1.19. The molecule has 2 rings (SSSR count). The lowest BCUT2D eigenvalue weighted by Crippen LogP contribution is -2.43. The first-order valence-corrected chi connectivity index (χ1v) is 6.98. The number of nitrogens with zero attached hydrogens (tertiary/aromatic N) is 3. The number of carbonyl (C=O) groups excluding carboxylic acids is 2. The van der Waals surface area contributed by atoms with E-state index in [0.717, 1.165) is 11.5 Å². The fraction of sp³-hybridized carbons (Fsp3) is 0.636. The van der Waals surface area contributed by atoms with Crippen LogP contribution in [0.4, 0.5) is 9.80 Å². The highest BCUT2D eigenvalue weighted by atomic mass is 32.1. The van der Waals surface area contributed by atoms with Crippen LogP contribution in [0.25, 0.3) is 0 Å². The van der Waals surface area contributed by atoms with Crippen molar-refractivity contribution in [2.75, 3.05) is 11.9 Å². The van der Waals surface area contributed by atoms with Crippen molar-refractivity contribution >= 4 is 28.5 Å². The van der Waals surface area contributed by atoms with Gasteiger partial charge in [0.1, 0.15) is 16.2 Å². The second kappa shape index (κ2) is 5.12. The molecular formula is C11H17N5O2S. The molecule has 0 aromatic carbocycles. The highest BCUT2D eigenvalue weighted by Gasteiger charge is 2.46. The molecule has 1 aliphatic heterocycles. The Morgan fingerprint density at radius 3 is 2.74 bits per heavy atom. The van der Waals surface area contributed by atoms with Crippen molar-refractivity contribution in [2.45, 2.75) is 39.3 Å². The molecular weight excluding hydrogens is 266 g/mol. The smallest absolute Gasteiger partial charge is 0.325 e. The van der Waals surface area contributed by atoms with Gasteiger partial charge in [0.15, 0.2) is 0 Å². The van der Waals surface area contributed by atoms with Gasteiger partial charge >= 0.3 is 6.03 Å². The highest BCUT2D eigenvalue weighted by Crippen LogP contribution is 2.25. The van der Waals surface area contributed by atoms with Gasteiger partial charge in [-0.05, 0) is 20.3 Å². The van der Waals surface area contributed by atoms with Crippen molar-refractivity contribution in [3.63, 3.8) is 0 Å². The maximum atomic E-state index is 12.2. The number of aromatic nitrogens is 2. The van der Waals surface area contributed by atoms with Crippen LogP contribution >= 0.6 is 11.5 Å². The average Bonchev–Trinajstić information content (AvgIpc) is 2.90. The highest BCUT2D eigenvalue weighted by molar-refractivity contribution is 7.10. The summed E-state index contributed by atoms with van der Waals surface area (Å²) >= 11 is 1.22. The minimum absolute atomic E-state index is 0.152. The average molecular weight is 283 g/mol. The third-order valence-corrected chi connectivity index (χ3v) is 3.98. The minimum atomic E-state index is -0.807. The van der Waals surface area contributed by atoms with Gasteiger partial charge in [-0.2, -0.15) is 0 Å². The van der Waals surface area contributed by atoms with Crippen molar-refractivity contribution in [3.8, 4) is 0 Å². The van der Waals surface area contributed by atoms with Gasteiger partial charge in [-0.25, -0.2) is 4.79 Å². The normalized spacial score (nSPS) is 22.8. The molecule has 1 saturated heterocycles. The third-order valence-electron chi connectivity index (χ3n) is 3.25. The Bertz CT molecular complexity index is 503. The van der Waals surface area contributed by atoms with Crippen LogP contribution in [0.3, 0.4) is 0 Å². The van der Waals surface area contributed by atoms with Crippen molar-refractivity contribution in [2.24, 2.45) is 0 Å². The van der Waals surface area contributed by atoms with Gasteiger partial charge in [0.2, 0.25) is 0 Å². The maximum Gasteiger partial charge on any atom is 0.325 e. The Hall–Kier alpha value is -1.70. The van der Waals surface area contributed by atoms with Crippen molar-refractivity contribution < 1.29 is 9.59 Å². The molecule has 0 bridgehead atoms. The molecule has 2 N–H and O–H groups in total. The van der Waals surface area contributed by atoms with Gasteiger partial charge in [0.05, 0.1) is 6.54 Å². The zero-order chi connectivity index (χ0) is 14.0. The van der Waals surface area contributed by atoms with Crippen LogP contribution in [0.1, 0.15) is 32.9 Å². The number of rotatable bonds is 5. The number of urea groups is 1. The van der Waals surface area contributed by atoms with Gasteiger partial charge in [-0.3, -0.25) is 9.69 Å². The van der Waals surface area contributed by atoms with Crippen LogP contribution in [-0.2, 0) is 11.3 Å². The molecule has 2 heterocycles. The SMILES string of the molecule is CCNc1snnc1CN1C(=O)NC(C)(CC)C1=O. The first-order chi connectivity index (χ1) is 9.01. The quantitative estimate of drug-likeness (QED) is 0.793. The van der Waals surface area contributed by atoms with Crippen LogP contribution in [0, 0.1) is 0 Å². The summed E-state index contributed by atoms with van der Waals surface area (Å²) in [6.07, 6.45) is 0.559. The summed E-state index contributed by atoms with van der Waals surface area (Å²) < 4.78 is 3.85. The molecule has 1 unspecified atom stereocenters. The number of hydrogen-bond donors (Lipinski definition) is 2. The zero-order valence-corrected chi connectivity index (χ0v) is 12.0. The Morgan fingerprint density at radius 2 is 2.16 bits per heavy atom. The summed E-state index contributed by atoms with van der Waals surface area (Å²) in [6.45, 7) is 6.46. The Labute approximate surface area is 115 Å². The van der Waals surface area contributed by atoms with Crippen molar-refractivity contribution in [3.05, 3.63) is 5.69 Å². The molecule has 1 atom stereocenters. The lowest BCUT2D eigenvalue weighted by Gasteiger charge is -2.19. The summed E-state index contributed by atoms with van der Waals surface area (Å²) in [4.78, 5) is 25.3. The van der Waals surface area contributed by atoms with Crippen LogP contribution in [-0.4, -0.2) is 38.5 Å². The summed E-state index contributed by atoms with van der Waals surface area (Å²) in [5, 5.41) is 10.6. The first kappa shape index (κ1) is 13.7. The number of nitrogens with one attached hydrogen (secondary N) is 2. The molecule has 1 aromatic rings. The Balaban J connectivity index is 2.17. The molecule has 0 spiro atoms. The predicted molar refractivity (Wildman–Crippen MR) is 71.9 cm³/mol. The standard InChI is InChI=1S/C11H17N5O2S/c1-4-11(3)9(17)16(10(18)13-11)6-7-8(12-5-2)19-15-14-7/h12H,4-6H2,1-3H3,(H,13,18). The van der Waals surface area contributed by atoms with Gasteiger partial charge in [-0.1, -0.05) is 11.4 Å². The fourth-order valence-electron chi connectivity index (χ4n) is 1.89. The van der Waals surface area contributed by atoms with E-state index in [1.54, 1.807) is 6.92 Å². The molecule has 3 amide bonds. The van der Waals surface area contributed by atoms with Crippen molar-refractivity contribution in [1.29, 1.82) is 0 Å². The molecule has 8 heteroatoms.